The van der Waals surface area contributed by atoms with Gasteiger partial charge in [0.15, 0.2) is 0 Å². The van der Waals surface area contributed by atoms with Gasteiger partial charge in [0, 0.05) is 12.1 Å². The Labute approximate surface area is 120 Å². The molecule has 3 heteroatoms. The van der Waals surface area contributed by atoms with Crippen molar-refractivity contribution in [3.8, 4) is 0 Å². The van der Waals surface area contributed by atoms with Gasteiger partial charge in [-0.3, -0.25) is 0 Å². The minimum Gasteiger partial charge on any atom is -0.307 e. The zero-order valence-electron chi connectivity index (χ0n) is 11.8. The number of halogens is 2. The molecule has 2 rings (SSSR count). The van der Waals surface area contributed by atoms with Crippen LogP contribution in [0.5, 0.6) is 0 Å². The summed E-state index contributed by atoms with van der Waals surface area (Å²) in [6.45, 7) is 4.40. The van der Waals surface area contributed by atoms with Crippen LogP contribution < -0.4 is 5.32 Å². The lowest BCUT2D eigenvalue weighted by Crippen LogP contribution is -2.34. The van der Waals surface area contributed by atoms with Gasteiger partial charge in [-0.15, -0.1) is 0 Å². The number of nitrogens with one attached hydrogen (secondary N) is 1. The molecule has 1 fully saturated rings. The molecule has 1 aliphatic carbocycles. The summed E-state index contributed by atoms with van der Waals surface area (Å²) in [6, 6.07) is 5.80. The van der Waals surface area contributed by atoms with Crippen molar-refractivity contribution >= 4 is 11.6 Å². The van der Waals surface area contributed by atoms with Gasteiger partial charge in [0.25, 0.3) is 0 Å². The number of rotatable bonds is 4. The molecule has 106 valence electrons. The van der Waals surface area contributed by atoms with Crippen LogP contribution in [-0.2, 0) is 0 Å². The van der Waals surface area contributed by atoms with Crippen LogP contribution in [0.1, 0.15) is 57.6 Å². The van der Waals surface area contributed by atoms with Crippen molar-refractivity contribution in [3.63, 3.8) is 0 Å². The van der Waals surface area contributed by atoms with Crippen LogP contribution >= 0.6 is 11.6 Å². The van der Waals surface area contributed by atoms with E-state index < -0.39 is 0 Å². The first kappa shape index (κ1) is 14.8. The lowest BCUT2D eigenvalue weighted by Gasteiger charge is -2.31. The molecule has 0 aromatic heterocycles. The van der Waals surface area contributed by atoms with E-state index in [9.17, 15) is 4.39 Å². The van der Waals surface area contributed by atoms with Crippen LogP contribution in [0.4, 0.5) is 4.39 Å². The van der Waals surface area contributed by atoms with E-state index in [1.807, 2.05) is 6.07 Å². The molecule has 0 radical (unpaired) electrons. The zero-order chi connectivity index (χ0) is 13.8. The molecule has 1 N–H and O–H groups in total. The first-order chi connectivity index (χ1) is 9.10. The highest BCUT2D eigenvalue weighted by molar-refractivity contribution is 6.30. The summed E-state index contributed by atoms with van der Waals surface area (Å²) in [6.07, 6.45) is 6.45. The minimum absolute atomic E-state index is 0.209. The van der Waals surface area contributed by atoms with Gasteiger partial charge in [-0.1, -0.05) is 31.0 Å². The molecule has 0 heterocycles. The summed E-state index contributed by atoms with van der Waals surface area (Å²) in [5.74, 6) is 0.565. The molecule has 1 unspecified atom stereocenters. The lowest BCUT2D eigenvalue weighted by molar-refractivity contribution is 0.273. The fourth-order valence-corrected chi connectivity index (χ4v) is 3.16. The normalized spacial score (nSPS) is 25.3. The molecule has 1 saturated carbocycles. The van der Waals surface area contributed by atoms with Crippen LogP contribution in [0.3, 0.4) is 0 Å². The van der Waals surface area contributed by atoms with Gasteiger partial charge in [-0.05, 0) is 56.2 Å². The fraction of sp³-hybridized carbons (Fsp3) is 0.625. The topological polar surface area (TPSA) is 12.0 Å². The average molecular weight is 284 g/mol. The van der Waals surface area contributed by atoms with Crippen molar-refractivity contribution in [3.05, 3.63) is 34.6 Å². The lowest BCUT2D eigenvalue weighted by atomic mass is 9.84. The summed E-state index contributed by atoms with van der Waals surface area (Å²) in [7, 11) is 0. The van der Waals surface area contributed by atoms with E-state index in [0.29, 0.717) is 6.04 Å². The van der Waals surface area contributed by atoms with Crippen LogP contribution in [0, 0.1) is 11.7 Å². The van der Waals surface area contributed by atoms with E-state index in [-0.39, 0.29) is 16.9 Å². The molecule has 1 aromatic carbocycles. The van der Waals surface area contributed by atoms with Crippen LogP contribution in [-0.4, -0.2) is 6.04 Å². The molecule has 0 bridgehead atoms. The smallest absolute Gasteiger partial charge is 0.141 e. The summed E-state index contributed by atoms with van der Waals surface area (Å²) >= 11 is 5.84. The van der Waals surface area contributed by atoms with Crippen LogP contribution in [0.15, 0.2) is 18.2 Å². The second-order valence-electron chi connectivity index (χ2n) is 5.69. The van der Waals surface area contributed by atoms with Crippen molar-refractivity contribution in [2.24, 2.45) is 5.92 Å². The molecule has 0 saturated heterocycles. The van der Waals surface area contributed by atoms with Gasteiger partial charge in [-0.2, -0.15) is 0 Å². The Morgan fingerprint density at radius 3 is 2.58 bits per heavy atom. The quantitative estimate of drug-likeness (QED) is 0.811. The fourth-order valence-electron chi connectivity index (χ4n) is 2.97. The number of hydrogen-bond acceptors (Lipinski definition) is 1. The van der Waals surface area contributed by atoms with Gasteiger partial charge in [0.1, 0.15) is 5.82 Å². The largest absolute Gasteiger partial charge is 0.307 e. The van der Waals surface area contributed by atoms with Gasteiger partial charge in [0.05, 0.1) is 5.02 Å². The van der Waals surface area contributed by atoms with Crippen molar-refractivity contribution in [2.45, 2.75) is 58.0 Å². The Kier molecular flexibility index (Phi) is 5.23. The number of benzene rings is 1. The Morgan fingerprint density at radius 2 is 2.00 bits per heavy atom. The Balaban J connectivity index is 1.90. The Hall–Kier alpha value is -0.600. The van der Waals surface area contributed by atoms with Gasteiger partial charge in [-0.25, -0.2) is 4.39 Å². The summed E-state index contributed by atoms with van der Waals surface area (Å²) in [4.78, 5) is 0. The van der Waals surface area contributed by atoms with Gasteiger partial charge < -0.3 is 5.32 Å². The third kappa shape index (κ3) is 3.93. The molecule has 0 aliphatic heterocycles. The molecule has 1 aromatic rings. The Bertz CT molecular complexity index is 413. The van der Waals surface area contributed by atoms with E-state index >= 15 is 0 Å². The maximum Gasteiger partial charge on any atom is 0.141 e. The molecular formula is C16H23ClFN. The third-order valence-electron chi connectivity index (χ3n) is 4.35. The van der Waals surface area contributed by atoms with E-state index in [0.717, 1.165) is 11.5 Å². The third-order valence-corrected chi connectivity index (χ3v) is 4.64. The van der Waals surface area contributed by atoms with E-state index in [2.05, 4.69) is 19.2 Å². The maximum absolute atomic E-state index is 13.2. The highest BCUT2D eigenvalue weighted by Crippen LogP contribution is 2.28. The van der Waals surface area contributed by atoms with Gasteiger partial charge in [0.2, 0.25) is 0 Å². The van der Waals surface area contributed by atoms with Crippen molar-refractivity contribution in [1.82, 2.24) is 5.32 Å². The van der Waals surface area contributed by atoms with Crippen LogP contribution in [0.25, 0.3) is 0 Å². The number of hydrogen-bond donors (Lipinski definition) is 1. The SMILES string of the molecule is CCC1CCC(NC(C)c2ccc(F)c(Cl)c2)CC1. The zero-order valence-corrected chi connectivity index (χ0v) is 12.5. The summed E-state index contributed by atoms with van der Waals surface area (Å²) in [5.41, 5.74) is 1.06. The molecule has 0 amide bonds. The van der Waals surface area contributed by atoms with Crippen molar-refractivity contribution < 1.29 is 4.39 Å². The van der Waals surface area contributed by atoms with Crippen molar-refractivity contribution in [1.29, 1.82) is 0 Å². The first-order valence-corrected chi connectivity index (χ1v) is 7.69. The highest BCUT2D eigenvalue weighted by Gasteiger charge is 2.21. The Morgan fingerprint density at radius 1 is 1.32 bits per heavy atom. The first-order valence-electron chi connectivity index (χ1n) is 7.31. The van der Waals surface area contributed by atoms with Gasteiger partial charge >= 0.3 is 0 Å². The maximum atomic E-state index is 13.2. The molecule has 19 heavy (non-hydrogen) atoms. The predicted molar refractivity (Wildman–Crippen MR) is 79.0 cm³/mol. The summed E-state index contributed by atoms with van der Waals surface area (Å²) < 4.78 is 13.2. The highest BCUT2D eigenvalue weighted by atomic mass is 35.5. The van der Waals surface area contributed by atoms with Crippen LogP contribution in [0.2, 0.25) is 5.02 Å². The predicted octanol–water partition coefficient (Wildman–Crippen LogP) is 5.10. The van der Waals surface area contributed by atoms with E-state index in [1.165, 1.54) is 38.2 Å². The molecule has 1 nitrogen and oxygen atoms in total. The second kappa shape index (κ2) is 6.71. The second-order valence-corrected chi connectivity index (χ2v) is 6.09. The monoisotopic (exact) mass is 283 g/mol. The van der Waals surface area contributed by atoms with E-state index in [4.69, 9.17) is 11.6 Å². The average Bonchev–Trinajstić information content (AvgIpc) is 2.42. The minimum atomic E-state index is -0.346. The summed E-state index contributed by atoms with van der Waals surface area (Å²) in [5, 5.41) is 3.85. The standard InChI is InChI=1S/C16H23ClFN/c1-3-12-4-7-14(8-5-12)19-11(2)13-6-9-16(18)15(17)10-13/h6,9-12,14,19H,3-5,7-8H2,1-2H3. The molecule has 0 spiro atoms. The van der Waals surface area contributed by atoms with E-state index in [1.54, 1.807) is 6.07 Å². The molecule has 1 aliphatic rings. The molecular weight excluding hydrogens is 261 g/mol. The molecule has 1 atom stereocenters. The van der Waals surface area contributed by atoms with Crippen molar-refractivity contribution in [2.75, 3.05) is 0 Å².